The van der Waals surface area contributed by atoms with Gasteiger partial charge in [-0.25, -0.2) is 8.42 Å². The van der Waals surface area contributed by atoms with Crippen LogP contribution in [0, 0.1) is 6.92 Å². The molecule has 0 unspecified atom stereocenters. The summed E-state index contributed by atoms with van der Waals surface area (Å²) >= 11 is 3.50. The number of anilines is 1. The van der Waals surface area contributed by atoms with Crippen LogP contribution >= 0.6 is 15.9 Å². The van der Waals surface area contributed by atoms with E-state index in [9.17, 15) is 8.42 Å². The first-order valence-corrected chi connectivity index (χ1v) is 10.2. The molecule has 0 bridgehead atoms. The van der Waals surface area contributed by atoms with Crippen molar-refractivity contribution in [1.82, 2.24) is 0 Å². The highest BCUT2D eigenvalue weighted by Crippen LogP contribution is 2.39. The number of aryl methyl sites for hydroxylation is 1. The number of rotatable bonds is 3. The van der Waals surface area contributed by atoms with E-state index in [-0.39, 0.29) is 4.90 Å². The maximum Gasteiger partial charge on any atom is 0.261 e. The molecule has 0 saturated carbocycles. The highest BCUT2D eigenvalue weighted by molar-refractivity contribution is 9.10. The molecule has 0 heterocycles. The fourth-order valence-electron chi connectivity index (χ4n) is 3.17. The number of benzene rings is 3. The summed E-state index contributed by atoms with van der Waals surface area (Å²) in [5.41, 5.74) is 6.39. The Hall–Kier alpha value is -2.11. The van der Waals surface area contributed by atoms with Gasteiger partial charge in [-0.2, -0.15) is 0 Å². The van der Waals surface area contributed by atoms with Crippen molar-refractivity contribution in [2.24, 2.45) is 0 Å². The molecule has 0 aromatic heterocycles. The minimum atomic E-state index is -3.58. The Bertz CT molecular complexity index is 1070. The van der Waals surface area contributed by atoms with Gasteiger partial charge in [-0.3, -0.25) is 4.72 Å². The van der Waals surface area contributed by atoms with Crippen molar-refractivity contribution in [3.8, 4) is 11.1 Å². The van der Waals surface area contributed by atoms with Crippen LogP contribution in [-0.2, 0) is 16.4 Å². The number of fused-ring (bicyclic) bond motifs is 3. The van der Waals surface area contributed by atoms with Crippen LogP contribution < -0.4 is 4.72 Å². The zero-order valence-electron chi connectivity index (χ0n) is 13.6. The van der Waals surface area contributed by atoms with Crippen molar-refractivity contribution in [1.29, 1.82) is 0 Å². The standard InChI is InChI=1S/C20H16BrNO2S/c1-13-2-6-18(7-3-13)25(23,24)22-17-5-9-20-15(12-17)10-14-11-16(21)4-8-19(14)20/h2-9,11-12,22H,10H2,1H3. The highest BCUT2D eigenvalue weighted by Gasteiger charge is 2.20. The molecular weight excluding hydrogens is 398 g/mol. The summed E-state index contributed by atoms with van der Waals surface area (Å²) < 4.78 is 28.9. The Kier molecular flexibility index (Phi) is 3.93. The van der Waals surface area contributed by atoms with Gasteiger partial charge in [0, 0.05) is 10.2 Å². The van der Waals surface area contributed by atoms with Crippen molar-refractivity contribution < 1.29 is 8.42 Å². The normalized spacial score (nSPS) is 12.6. The summed E-state index contributed by atoms with van der Waals surface area (Å²) in [5, 5.41) is 0. The van der Waals surface area contributed by atoms with Crippen LogP contribution in [0.4, 0.5) is 5.69 Å². The van der Waals surface area contributed by atoms with Gasteiger partial charge >= 0.3 is 0 Å². The average Bonchev–Trinajstić information content (AvgIpc) is 2.91. The molecule has 0 atom stereocenters. The van der Waals surface area contributed by atoms with E-state index in [4.69, 9.17) is 0 Å². The maximum atomic E-state index is 12.6. The van der Waals surface area contributed by atoms with Gasteiger partial charge in [0.1, 0.15) is 0 Å². The van der Waals surface area contributed by atoms with Gasteiger partial charge in [-0.05, 0) is 72.0 Å². The van der Waals surface area contributed by atoms with Crippen molar-refractivity contribution in [3.05, 3.63) is 81.8 Å². The molecule has 0 radical (unpaired) electrons. The first-order valence-electron chi connectivity index (χ1n) is 7.94. The van der Waals surface area contributed by atoms with Crippen LogP contribution in [0.5, 0.6) is 0 Å². The lowest BCUT2D eigenvalue weighted by molar-refractivity contribution is 0.601. The molecule has 25 heavy (non-hydrogen) atoms. The van der Waals surface area contributed by atoms with Gasteiger partial charge < -0.3 is 0 Å². The van der Waals surface area contributed by atoms with E-state index < -0.39 is 10.0 Å². The van der Waals surface area contributed by atoms with Gasteiger partial charge in [-0.15, -0.1) is 0 Å². The van der Waals surface area contributed by atoms with Crippen LogP contribution in [0.15, 0.2) is 70.0 Å². The molecule has 0 saturated heterocycles. The van der Waals surface area contributed by atoms with E-state index in [1.165, 1.54) is 16.7 Å². The van der Waals surface area contributed by atoms with Gasteiger partial charge in [0.05, 0.1) is 4.90 Å². The number of hydrogen-bond donors (Lipinski definition) is 1. The number of nitrogens with one attached hydrogen (secondary N) is 1. The molecule has 1 N–H and O–H groups in total. The lowest BCUT2D eigenvalue weighted by atomic mass is 10.1. The average molecular weight is 414 g/mol. The van der Waals surface area contributed by atoms with Gasteiger partial charge in [0.25, 0.3) is 10.0 Å². The van der Waals surface area contributed by atoms with Crippen LogP contribution in [0.1, 0.15) is 16.7 Å². The third-order valence-corrected chi connectivity index (χ3v) is 6.32. The smallest absolute Gasteiger partial charge is 0.261 e. The Labute approximate surface area is 155 Å². The second kappa shape index (κ2) is 6.00. The molecule has 5 heteroatoms. The molecule has 3 aromatic carbocycles. The topological polar surface area (TPSA) is 46.2 Å². The minimum absolute atomic E-state index is 0.269. The van der Waals surface area contributed by atoms with Gasteiger partial charge in [0.2, 0.25) is 0 Å². The third kappa shape index (κ3) is 3.10. The molecule has 1 aliphatic carbocycles. The lowest BCUT2D eigenvalue weighted by Gasteiger charge is -2.10. The molecule has 4 rings (SSSR count). The lowest BCUT2D eigenvalue weighted by Crippen LogP contribution is -2.13. The summed E-state index contributed by atoms with van der Waals surface area (Å²) in [6.07, 6.45) is 0.810. The molecule has 126 valence electrons. The number of sulfonamides is 1. The molecule has 0 aliphatic heterocycles. The van der Waals surface area contributed by atoms with E-state index in [1.807, 2.05) is 31.2 Å². The first kappa shape index (κ1) is 16.4. The van der Waals surface area contributed by atoms with Crippen molar-refractivity contribution in [2.75, 3.05) is 4.72 Å². The van der Waals surface area contributed by atoms with Crippen LogP contribution in [0.25, 0.3) is 11.1 Å². The third-order valence-electron chi connectivity index (χ3n) is 4.43. The summed E-state index contributed by atoms with van der Waals surface area (Å²) in [5.74, 6) is 0. The van der Waals surface area contributed by atoms with E-state index in [2.05, 4.69) is 32.8 Å². The molecule has 0 amide bonds. The van der Waals surface area contributed by atoms with Gasteiger partial charge in [0.15, 0.2) is 0 Å². The highest BCUT2D eigenvalue weighted by atomic mass is 79.9. The zero-order chi connectivity index (χ0) is 17.6. The SMILES string of the molecule is Cc1ccc(S(=O)(=O)Nc2ccc3c(c2)Cc2cc(Br)ccc2-3)cc1. The van der Waals surface area contributed by atoms with Crippen molar-refractivity contribution in [3.63, 3.8) is 0 Å². The van der Waals surface area contributed by atoms with Crippen LogP contribution in [0.2, 0.25) is 0 Å². The van der Waals surface area contributed by atoms with Crippen molar-refractivity contribution >= 4 is 31.6 Å². The molecule has 3 aromatic rings. The first-order chi connectivity index (χ1) is 11.9. The zero-order valence-corrected chi connectivity index (χ0v) is 16.0. The second-order valence-corrected chi connectivity index (χ2v) is 8.87. The summed E-state index contributed by atoms with van der Waals surface area (Å²) in [6, 6.07) is 18.8. The quantitative estimate of drug-likeness (QED) is 0.505. The van der Waals surface area contributed by atoms with E-state index in [0.717, 1.165) is 22.0 Å². The number of hydrogen-bond acceptors (Lipinski definition) is 2. The summed E-state index contributed by atoms with van der Waals surface area (Å²) in [7, 11) is -3.58. The Balaban J connectivity index is 1.65. The molecule has 1 aliphatic rings. The Morgan fingerprint density at radius 3 is 2.24 bits per heavy atom. The van der Waals surface area contributed by atoms with E-state index >= 15 is 0 Å². The van der Waals surface area contributed by atoms with E-state index in [1.54, 1.807) is 24.3 Å². The van der Waals surface area contributed by atoms with Crippen LogP contribution in [0.3, 0.4) is 0 Å². The monoisotopic (exact) mass is 413 g/mol. The maximum absolute atomic E-state index is 12.6. The fraction of sp³-hybridized carbons (Fsp3) is 0.100. The molecular formula is C20H16BrNO2S. The number of halogens is 1. The fourth-order valence-corrected chi connectivity index (χ4v) is 4.63. The minimum Gasteiger partial charge on any atom is -0.280 e. The predicted octanol–water partition coefficient (Wildman–Crippen LogP) is 5.13. The Morgan fingerprint density at radius 1 is 0.880 bits per heavy atom. The largest absolute Gasteiger partial charge is 0.280 e. The Morgan fingerprint density at radius 2 is 1.52 bits per heavy atom. The van der Waals surface area contributed by atoms with Gasteiger partial charge in [-0.1, -0.05) is 45.8 Å². The molecule has 0 fully saturated rings. The molecule has 3 nitrogen and oxygen atoms in total. The van der Waals surface area contributed by atoms with Crippen molar-refractivity contribution in [2.45, 2.75) is 18.2 Å². The predicted molar refractivity (Wildman–Crippen MR) is 104 cm³/mol. The second-order valence-electron chi connectivity index (χ2n) is 6.27. The van der Waals surface area contributed by atoms with Crippen LogP contribution in [-0.4, -0.2) is 8.42 Å². The van der Waals surface area contributed by atoms with E-state index in [0.29, 0.717) is 5.69 Å². The summed E-state index contributed by atoms with van der Waals surface area (Å²) in [4.78, 5) is 0.269. The summed E-state index contributed by atoms with van der Waals surface area (Å²) in [6.45, 7) is 1.93. The molecule has 0 spiro atoms.